The molecule has 164 valence electrons. The summed E-state index contributed by atoms with van der Waals surface area (Å²) in [4.78, 5) is 3.32. The Balaban J connectivity index is 1.44. The molecule has 0 unspecified atom stereocenters. The van der Waals surface area contributed by atoms with Crippen molar-refractivity contribution in [1.29, 1.82) is 0 Å². The van der Waals surface area contributed by atoms with Crippen molar-refractivity contribution in [2.75, 3.05) is 4.72 Å². The van der Waals surface area contributed by atoms with Gasteiger partial charge in [0.15, 0.2) is 11.5 Å². The lowest BCUT2D eigenvalue weighted by Gasteiger charge is -2.10. The molecular weight excluding hydrogens is 450 g/mol. The normalized spacial score (nSPS) is 11.6. The van der Waals surface area contributed by atoms with Crippen LogP contribution in [0.1, 0.15) is 0 Å². The van der Waals surface area contributed by atoms with E-state index >= 15 is 0 Å². The minimum absolute atomic E-state index is 0.184. The van der Waals surface area contributed by atoms with Crippen LogP contribution < -0.4 is 4.72 Å². The Morgan fingerprint density at radius 3 is 2.45 bits per heavy atom. The Morgan fingerprint density at radius 2 is 1.70 bits per heavy atom. The fraction of sp³-hybridized carbons (Fsp3) is 0. The predicted molar refractivity (Wildman–Crippen MR) is 117 cm³/mol. The lowest BCUT2D eigenvalue weighted by molar-refractivity contribution is 0.555. The number of sulfonamides is 1. The van der Waals surface area contributed by atoms with Gasteiger partial charge in [0, 0.05) is 29.2 Å². The van der Waals surface area contributed by atoms with Crippen molar-refractivity contribution >= 4 is 21.4 Å². The summed E-state index contributed by atoms with van der Waals surface area (Å²) in [6.07, 6.45) is 3.32. The summed E-state index contributed by atoms with van der Waals surface area (Å²) in [5, 5.41) is 12.9. The number of fused-ring (bicyclic) bond motifs is 1. The summed E-state index contributed by atoms with van der Waals surface area (Å²) in [7, 11) is -4.31. The van der Waals surface area contributed by atoms with E-state index in [-0.39, 0.29) is 5.69 Å². The molecule has 0 aliphatic rings. The van der Waals surface area contributed by atoms with E-state index in [0.29, 0.717) is 28.8 Å². The average molecular weight is 464 g/mol. The highest BCUT2D eigenvalue weighted by Crippen LogP contribution is 2.24. The van der Waals surface area contributed by atoms with E-state index in [2.05, 4.69) is 25.0 Å². The molecule has 0 fully saturated rings. The highest BCUT2D eigenvalue weighted by molar-refractivity contribution is 7.92. The van der Waals surface area contributed by atoms with E-state index in [1.807, 2.05) is 6.07 Å². The first-order valence-electron chi connectivity index (χ1n) is 9.62. The Bertz CT molecular complexity index is 1570. The molecule has 5 aromatic rings. The van der Waals surface area contributed by atoms with Gasteiger partial charge in [0.25, 0.3) is 10.0 Å². The molecular formula is C22H14F2N6O2S. The van der Waals surface area contributed by atoms with E-state index in [4.69, 9.17) is 0 Å². The zero-order chi connectivity index (χ0) is 23.0. The van der Waals surface area contributed by atoms with Crippen molar-refractivity contribution in [3.8, 4) is 22.6 Å². The number of rotatable bonds is 5. The van der Waals surface area contributed by atoms with Gasteiger partial charge < -0.3 is 0 Å². The maximum Gasteiger partial charge on any atom is 0.264 e. The highest BCUT2D eigenvalue weighted by Gasteiger charge is 2.20. The first-order chi connectivity index (χ1) is 15.9. The molecule has 8 nitrogen and oxygen atoms in total. The van der Waals surface area contributed by atoms with Gasteiger partial charge in [-0.1, -0.05) is 12.1 Å². The summed E-state index contributed by atoms with van der Waals surface area (Å²) in [5.74, 6) is -1.37. The first-order valence-corrected chi connectivity index (χ1v) is 11.1. The van der Waals surface area contributed by atoms with Crippen LogP contribution in [0.3, 0.4) is 0 Å². The molecule has 0 saturated carbocycles. The van der Waals surface area contributed by atoms with Crippen molar-refractivity contribution in [3.05, 3.63) is 90.8 Å². The van der Waals surface area contributed by atoms with E-state index in [0.717, 1.165) is 17.7 Å². The Labute approximate surface area is 186 Å². The maximum absolute atomic E-state index is 13.9. The summed E-state index contributed by atoms with van der Waals surface area (Å²) in [6, 6.07) is 15.7. The minimum atomic E-state index is -4.31. The van der Waals surface area contributed by atoms with Crippen LogP contribution in [0.15, 0.2) is 84.0 Å². The monoisotopic (exact) mass is 464 g/mol. The van der Waals surface area contributed by atoms with Crippen LogP contribution in [-0.2, 0) is 10.0 Å². The van der Waals surface area contributed by atoms with Crippen LogP contribution in [0.2, 0.25) is 0 Å². The molecule has 5 rings (SSSR count). The number of hydrogen-bond donors (Lipinski definition) is 1. The van der Waals surface area contributed by atoms with Gasteiger partial charge in [-0.25, -0.2) is 17.2 Å². The molecule has 11 heteroatoms. The summed E-state index contributed by atoms with van der Waals surface area (Å²) in [6.45, 7) is 0. The third kappa shape index (κ3) is 4.01. The Kier molecular flexibility index (Phi) is 5.02. The number of aromatic nitrogens is 5. The first kappa shape index (κ1) is 20.6. The summed E-state index contributed by atoms with van der Waals surface area (Å²) in [5.41, 5.74) is 2.78. The number of anilines is 1. The quantitative estimate of drug-likeness (QED) is 0.423. The highest BCUT2D eigenvalue weighted by atomic mass is 32.2. The number of nitrogens with zero attached hydrogens (tertiary/aromatic N) is 5. The molecule has 0 aliphatic heterocycles. The molecule has 1 N–H and O–H groups in total. The van der Waals surface area contributed by atoms with Gasteiger partial charge in [-0.2, -0.15) is 9.61 Å². The standard InChI is InChI=1S/C22H14F2N6O2S/c23-16-5-8-18(24)20(12-16)33(31,32)29-17-6-3-14(4-7-17)19-9-10-21-26-27-22(30(21)28-19)15-2-1-11-25-13-15/h1-13,29H. The van der Waals surface area contributed by atoms with Gasteiger partial charge >= 0.3 is 0 Å². The molecule has 3 heterocycles. The van der Waals surface area contributed by atoms with E-state index in [1.165, 1.54) is 12.1 Å². The summed E-state index contributed by atoms with van der Waals surface area (Å²) < 4.78 is 56.1. The fourth-order valence-electron chi connectivity index (χ4n) is 3.22. The van der Waals surface area contributed by atoms with Crippen LogP contribution in [0, 0.1) is 11.6 Å². The van der Waals surface area contributed by atoms with Crippen molar-refractivity contribution in [3.63, 3.8) is 0 Å². The average Bonchev–Trinajstić information content (AvgIpc) is 3.25. The third-order valence-electron chi connectivity index (χ3n) is 4.80. The smallest absolute Gasteiger partial charge is 0.264 e. The molecule has 0 amide bonds. The van der Waals surface area contributed by atoms with Crippen LogP contribution >= 0.6 is 0 Å². The zero-order valence-electron chi connectivity index (χ0n) is 16.7. The number of halogens is 2. The molecule has 0 saturated heterocycles. The summed E-state index contributed by atoms with van der Waals surface area (Å²) >= 11 is 0. The lowest BCUT2D eigenvalue weighted by Crippen LogP contribution is -2.14. The lowest BCUT2D eigenvalue weighted by atomic mass is 10.1. The third-order valence-corrected chi connectivity index (χ3v) is 6.19. The number of nitrogens with one attached hydrogen (secondary N) is 1. The molecule has 33 heavy (non-hydrogen) atoms. The topological polar surface area (TPSA) is 102 Å². The van der Waals surface area contributed by atoms with E-state index < -0.39 is 26.6 Å². The minimum Gasteiger partial charge on any atom is -0.280 e. The predicted octanol–water partition coefficient (Wildman–Crippen LogP) is 3.93. The molecule has 0 radical (unpaired) electrons. The Hall–Kier alpha value is -4.25. The van der Waals surface area contributed by atoms with E-state index in [1.54, 1.807) is 47.2 Å². The van der Waals surface area contributed by atoms with Crippen molar-refractivity contribution < 1.29 is 17.2 Å². The van der Waals surface area contributed by atoms with E-state index in [9.17, 15) is 17.2 Å². The second-order valence-electron chi connectivity index (χ2n) is 7.01. The SMILES string of the molecule is O=S(=O)(Nc1ccc(-c2ccc3nnc(-c4cccnc4)n3n2)cc1)c1cc(F)ccc1F. The zero-order valence-corrected chi connectivity index (χ0v) is 17.5. The van der Waals surface area contributed by atoms with Crippen molar-refractivity contribution in [2.45, 2.75) is 4.90 Å². The number of pyridine rings is 1. The van der Waals surface area contributed by atoms with Gasteiger partial charge in [-0.05, 0) is 54.6 Å². The van der Waals surface area contributed by atoms with Gasteiger partial charge in [0.1, 0.15) is 16.5 Å². The Morgan fingerprint density at radius 1 is 0.879 bits per heavy atom. The van der Waals surface area contributed by atoms with Crippen LogP contribution in [0.4, 0.5) is 14.5 Å². The van der Waals surface area contributed by atoms with Crippen molar-refractivity contribution in [2.24, 2.45) is 0 Å². The van der Waals surface area contributed by atoms with Crippen molar-refractivity contribution in [1.82, 2.24) is 24.8 Å². The number of hydrogen-bond acceptors (Lipinski definition) is 6. The van der Waals surface area contributed by atoms with Crippen LogP contribution in [0.25, 0.3) is 28.3 Å². The van der Waals surface area contributed by atoms with Crippen LogP contribution in [-0.4, -0.2) is 33.2 Å². The second kappa shape index (κ2) is 8.02. The maximum atomic E-state index is 13.9. The molecule has 3 aromatic heterocycles. The molecule has 0 spiro atoms. The van der Waals surface area contributed by atoms with Gasteiger partial charge in [0.2, 0.25) is 0 Å². The van der Waals surface area contributed by atoms with Gasteiger partial charge in [0.05, 0.1) is 5.69 Å². The van der Waals surface area contributed by atoms with Crippen LogP contribution in [0.5, 0.6) is 0 Å². The molecule has 0 aliphatic carbocycles. The molecule has 0 atom stereocenters. The molecule has 0 bridgehead atoms. The molecule has 2 aromatic carbocycles. The van der Waals surface area contributed by atoms with Gasteiger partial charge in [-0.3, -0.25) is 9.71 Å². The largest absolute Gasteiger partial charge is 0.280 e. The number of benzene rings is 2. The fourth-order valence-corrected chi connectivity index (χ4v) is 4.37. The second-order valence-corrected chi connectivity index (χ2v) is 8.66. The van der Waals surface area contributed by atoms with Gasteiger partial charge in [-0.15, -0.1) is 10.2 Å².